The van der Waals surface area contributed by atoms with E-state index in [0.29, 0.717) is 22.9 Å². The minimum atomic E-state index is -1.05. The minimum absolute atomic E-state index is 0.211. The molecule has 1 aliphatic carbocycles. The third-order valence-corrected chi connectivity index (χ3v) is 4.51. The van der Waals surface area contributed by atoms with Crippen molar-refractivity contribution in [1.82, 2.24) is 9.78 Å². The van der Waals surface area contributed by atoms with Crippen molar-refractivity contribution in [2.24, 2.45) is 0 Å². The summed E-state index contributed by atoms with van der Waals surface area (Å²) in [5.74, 6) is -0.469. The fraction of sp³-hybridized carbons (Fsp3) is 0.421. The summed E-state index contributed by atoms with van der Waals surface area (Å²) < 4.78 is 7.12. The lowest BCUT2D eigenvalue weighted by molar-refractivity contribution is -0.139. The monoisotopic (exact) mass is 357 g/mol. The van der Waals surface area contributed by atoms with Crippen LogP contribution >= 0.6 is 0 Å². The third kappa shape index (κ3) is 4.04. The van der Waals surface area contributed by atoms with Crippen LogP contribution in [0.25, 0.3) is 0 Å². The van der Waals surface area contributed by atoms with Crippen molar-refractivity contribution < 1.29 is 19.4 Å². The number of ether oxygens (including phenoxy) is 1. The zero-order valence-corrected chi connectivity index (χ0v) is 14.9. The van der Waals surface area contributed by atoms with Gasteiger partial charge in [0.25, 0.3) is 5.91 Å². The predicted molar refractivity (Wildman–Crippen MR) is 96.7 cm³/mol. The van der Waals surface area contributed by atoms with E-state index in [-0.39, 0.29) is 11.9 Å². The Labute approximate surface area is 152 Å². The summed E-state index contributed by atoms with van der Waals surface area (Å²) in [5, 5.41) is 16.0. The Balaban J connectivity index is 1.77. The molecule has 2 N–H and O–H groups in total. The van der Waals surface area contributed by atoms with Crippen molar-refractivity contribution in [3.05, 3.63) is 41.7 Å². The topological polar surface area (TPSA) is 93.5 Å². The van der Waals surface area contributed by atoms with Gasteiger partial charge in [0, 0.05) is 23.7 Å². The second kappa shape index (κ2) is 7.59. The Bertz CT molecular complexity index is 811. The van der Waals surface area contributed by atoms with Crippen molar-refractivity contribution in [1.29, 1.82) is 0 Å². The third-order valence-electron chi connectivity index (χ3n) is 4.51. The van der Waals surface area contributed by atoms with Crippen LogP contribution in [0.15, 0.2) is 30.5 Å². The smallest absolute Gasteiger partial charge is 0.341 e. The first-order valence-corrected chi connectivity index (χ1v) is 8.83. The molecule has 0 bridgehead atoms. The molecule has 7 nitrogen and oxygen atoms in total. The molecule has 1 amide bonds. The summed E-state index contributed by atoms with van der Waals surface area (Å²) in [6, 6.07) is 6.95. The van der Waals surface area contributed by atoms with Crippen LogP contribution in [0, 0.1) is 0 Å². The van der Waals surface area contributed by atoms with Gasteiger partial charge in [0.05, 0.1) is 17.5 Å². The van der Waals surface area contributed by atoms with Gasteiger partial charge in [0.15, 0.2) is 6.61 Å². The van der Waals surface area contributed by atoms with E-state index in [2.05, 4.69) is 24.3 Å². The normalized spacial score (nSPS) is 14.7. The van der Waals surface area contributed by atoms with Gasteiger partial charge in [-0.25, -0.2) is 4.79 Å². The van der Waals surface area contributed by atoms with Crippen LogP contribution in [-0.2, 0) is 4.79 Å². The highest BCUT2D eigenvalue weighted by Gasteiger charge is 2.33. The molecule has 1 unspecified atom stereocenters. The fourth-order valence-corrected chi connectivity index (χ4v) is 2.84. The average molecular weight is 357 g/mol. The van der Waals surface area contributed by atoms with Crippen LogP contribution in [0.4, 0.5) is 5.69 Å². The molecule has 0 aliphatic heterocycles. The quantitative estimate of drug-likeness (QED) is 0.755. The first-order chi connectivity index (χ1) is 12.5. The van der Waals surface area contributed by atoms with E-state index in [1.807, 2.05) is 4.68 Å². The second-order valence-electron chi connectivity index (χ2n) is 6.58. The fourth-order valence-electron chi connectivity index (χ4n) is 2.84. The maximum atomic E-state index is 12.8. The Hall–Kier alpha value is -2.83. The summed E-state index contributed by atoms with van der Waals surface area (Å²) in [6.45, 7) is 3.78. The zero-order chi connectivity index (χ0) is 18.7. The number of aliphatic carboxylic acids is 1. The number of carbonyl (C=O) groups excluding carboxylic acids is 1. The first kappa shape index (κ1) is 18.0. The van der Waals surface area contributed by atoms with Crippen molar-refractivity contribution in [2.75, 3.05) is 11.9 Å². The number of rotatable bonds is 8. The molecule has 7 heteroatoms. The largest absolute Gasteiger partial charge is 0.482 e. The van der Waals surface area contributed by atoms with E-state index in [4.69, 9.17) is 9.84 Å². The number of anilines is 1. The van der Waals surface area contributed by atoms with E-state index >= 15 is 0 Å². The molecule has 1 fully saturated rings. The number of hydrogen-bond acceptors (Lipinski definition) is 4. The molecule has 1 aromatic heterocycles. The molecule has 0 radical (unpaired) electrons. The molecule has 26 heavy (non-hydrogen) atoms. The molecule has 0 spiro atoms. The number of nitrogens with one attached hydrogen (secondary N) is 1. The van der Waals surface area contributed by atoms with E-state index in [9.17, 15) is 9.59 Å². The number of amides is 1. The lowest BCUT2D eigenvalue weighted by atomic mass is 10.1. The first-order valence-electron chi connectivity index (χ1n) is 8.83. The van der Waals surface area contributed by atoms with Crippen LogP contribution in [-0.4, -0.2) is 33.4 Å². The highest BCUT2D eigenvalue weighted by atomic mass is 16.5. The van der Waals surface area contributed by atoms with E-state index in [1.165, 1.54) is 0 Å². The number of carbonyl (C=O) groups is 2. The zero-order valence-electron chi connectivity index (χ0n) is 14.9. The lowest BCUT2D eigenvalue weighted by Crippen LogP contribution is -2.16. The molecule has 1 saturated carbocycles. The Morgan fingerprint density at radius 1 is 1.42 bits per heavy atom. The molecule has 1 atom stereocenters. The maximum Gasteiger partial charge on any atom is 0.341 e. The van der Waals surface area contributed by atoms with Crippen molar-refractivity contribution in [3.63, 3.8) is 0 Å². The summed E-state index contributed by atoms with van der Waals surface area (Å²) >= 11 is 0. The number of aromatic nitrogens is 2. The van der Waals surface area contributed by atoms with Gasteiger partial charge in [0.1, 0.15) is 5.75 Å². The van der Waals surface area contributed by atoms with E-state index in [0.717, 1.165) is 25.0 Å². The lowest BCUT2D eigenvalue weighted by Gasteiger charge is -2.14. The number of benzene rings is 1. The molecule has 3 rings (SSSR count). The van der Waals surface area contributed by atoms with Crippen LogP contribution in [0.3, 0.4) is 0 Å². The van der Waals surface area contributed by atoms with E-state index in [1.54, 1.807) is 30.5 Å². The SMILES string of the molecule is CCC(C)n1ncc(C(=O)Nc2cccc(OCC(=O)O)c2)c1C1CC1. The summed E-state index contributed by atoms with van der Waals surface area (Å²) in [4.78, 5) is 23.4. The average Bonchev–Trinajstić information content (AvgIpc) is 3.37. The molecular weight excluding hydrogens is 334 g/mol. The van der Waals surface area contributed by atoms with Gasteiger partial charge in [-0.2, -0.15) is 5.10 Å². The predicted octanol–water partition coefficient (Wildman–Crippen LogP) is 3.45. The number of hydrogen-bond donors (Lipinski definition) is 2. The number of carboxylic acids is 1. The number of carboxylic acid groups (broad SMARTS) is 1. The standard InChI is InChI=1S/C19H23N3O4/c1-3-12(2)22-18(13-7-8-13)16(10-20-22)19(25)21-14-5-4-6-15(9-14)26-11-17(23)24/h4-6,9-10,12-13H,3,7-8,11H2,1-2H3,(H,21,25)(H,23,24). The molecule has 0 saturated heterocycles. The summed E-state index contributed by atoms with van der Waals surface area (Å²) in [5.41, 5.74) is 2.16. The van der Waals surface area contributed by atoms with Gasteiger partial charge in [-0.3, -0.25) is 9.48 Å². The molecule has 138 valence electrons. The Morgan fingerprint density at radius 2 is 2.19 bits per heavy atom. The van der Waals surface area contributed by atoms with Crippen molar-refractivity contribution >= 4 is 17.6 Å². The molecule has 1 aliphatic rings. The Morgan fingerprint density at radius 3 is 2.85 bits per heavy atom. The molecule has 2 aromatic rings. The van der Waals surface area contributed by atoms with Gasteiger partial charge >= 0.3 is 5.97 Å². The second-order valence-corrected chi connectivity index (χ2v) is 6.58. The highest BCUT2D eigenvalue weighted by Crippen LogP contribution is 2.42. The van der Waals surface area contributed by atoms with Gasteiger partial charge in [0.2, 0.25) is 0 Å². The summed E-state index contributed by atoms with van der Waals surface area (Å²) in [7, 11) is 0. The van der Waals surface area contributed by atoms with E-state index < -0.39 is 12.6 Å². The van der Waals surface area contributed by atoms with Crippen molar-refractivity contribution in [2.45, 2.75) is 45.1 Å². The van der Waals surface area contributed by atoms with Gasteiger partial charge in [-0.05, 0) is 38.3 Å². The highest BCUT2D eigenvalue weighted by molar-refractivity contribution is 6.05. The van der Waals surface area contributed by atoms with Gasteiger partial charge < -0.3 is 15.2 Å². The van der Waals surface area contributed by atoms with Crippen LogP contribution in [0.1, 0.15) is 61.1 Å². The van der Waals surface area contributed by atoms with Crippen LogP contribution < -0.4 is 10.1 Å². The Kier molecular flexibility index (Phi) is 5.25. The van der Waals surface area contributed by atoms with Crippen LogP contribution in [0.2, 0.25) is 0 Å². The van der Waals surface area contributed by atoms with Gasteiger partial charge in [-0.1, -0.05) is 13.0 Å². The molecule has 1 aromatic carbocycles. The number of nitrogens with zero attached hydrogens (tertiary/aromatic N) is 2. The minimum Gasteiger partial charge on any atom is -0.482 e. The van der Waals surface area contributed by atoms with Crippen molar-refractivity contribution in [3.8, 4) is 5.75 Å². The maximum absolute atomic E-state index is 12.8. The molecule has 1 heterocycles. The summed E-state index contributed by atoms with van der Waals surface area (Å²) in [6.07, 6.45) is 4.76. The van der Waals surface area contributed by atoms with Crippen LogP contribution in [0.5, 0.6) is 5.75 Å². The molecular formula is C19H23N3O4. The van der Waals surface area contributed by atoms with Gasteiger partial charge in [-0.15, -0.1) is 0 Å².